The third-order valence-electron chi connectivity index (χ3n) is 5.64. The number of imidazole rings is 1. The highest BCUT2D eigenvalue weighted by Crippen LogP contribution is 2.29. The molecule has 3 aromatic carbocycles. The van der Waals surface area contributed by atoms with Crippen LogP contribution in [0.25, 0.3) is 22.4 Å². The summed E-state index contributed by atoms with van der Waals surface area (Å²) >= 11 is 5.96. The molecule has 1 heterocycles. The standard InChI is InChI=1S/C28H33ClN4O2/c1-31(2)16-18-35-25-13-14-26-27(19-25)33(20-32(3)4)28(30-26)22-7-11-24(12-8-22)34-17-15-21-5-9-23(29)10-6-21/h5-14,19H,15-18,20H2,1-4H3. The summed E-state index contributed by atoms with van der Waals surface area (Å²) in [5.41, 5.74) is 4.25. The second kappa shape index (κ2) is 11.6. The zero-order valence-electron chi connectivity index (χ0n) is 20.9. The summed E-state index contributed by atoms with van der Waals surface area (Å²) in [7, 11) is 8.21. The van der Waals surface area contributed by atoms with E-state index < -0.39 is 0 Å². The van der Waals surface area contributed by atoms with Gasteiger partial charge in [0.05, 0.1) is 24.3 Å². The maximum absolute atomic E-state index is 5.97. The molecular weight excluding hydrogens is 460 g/mol. The van der Waals surface area contributed by atoms with Gasteiger partial charge in [0.1, 0.15) is 23.9 Å². The van der Waals surface area contributed by atoms with Gasteiger partial charge in [-0.15, -0.1) is 0 Å². The molecule has 7 heteroatoms. The molecule has 0 bridgehead atoms. The molecule has 0 saturated carbocycles. The van der Waals surface area contributed by atoms with E-state index in [1.165, 1.54) is 5.56 Å². The summed E-state index contributed by atoms with van der Waals surface area (Å²) in [4.78, 5) is 9.19. The van der Waals surface area contributed by atoms with Crippen LogP contribution in [0.3, 0.4) is 0 Å². The second-order valence-corrected chi connectivity index (χ2v) is 9.57. The van der Waals surface area contributed by atoms with E-state index in [9.17, 15) is 0 Å². The Kier molecular flexibility index (Phi) is 8.29. The summed E-state index contributed by atoms with van der Waals surface area (Å²) in [6.07, 6.45) is 0.830. The number of aromatic nitrogens is 2. The number of hydrogen-bond donors (Lipinski definition) is 0. The van der Waals surface area contributed by atoms with Gasteiger partial charge < -0.3 is 18.9 Å². The molecule has 35 heavy (non-hydrogen) atoms. The third-order valence-corrected chi connectivity index (χ3v) is 5.89. The van der Waals surface area contributed by atoms with Gasteiger partial charge in [-0.3, -0.25) is 4.90 Å². The van der Waals surface area contributed by atoms with E-state index in [0.717, 1.165) is 51.9 Å². The van der Waals surface area contributed by atoms with Crippen LogP contribution in [0, 0.1) is 0 Å². The first-order valence-electron chi connectivity index (χ1n) is 11.8. The SMILES string of the molecule is CN(C)CCOc1ccc2nc(-c3ccc(OCCc4ccc(Cl)cc4)cc3)n(CN(C)C)c2c1. The normalized spacial score (nSPS) is 11.5. The Bertz CT molecular complexity index is 1230. The molecule has 6 nitrogen and oxygen atoms in total. The Morgan fingerprint density at radius 2 is 1.49 bits per heavy atom. The molecule has 0 N–H and O–H groups in total. The summed E-state index contributed by atoms with van der Waals surface area (Å²) < 4.78 is 14.2. The minimum Gasteiger partial charge on any atom is -0.493 e. The predicted octanol–water partition coefficient (Wildman–Crippen LogP) is 5.44. The molecule has 0 aliphatic heterocycles. The van der Waals surface area contributed by atoms with Gasteiger partial charge in [-0.1, -0.05) is 23.7 Å². The summed E-state index contributed by atoms with van der Waals surface area (Å²) in [6.45, 7) is 2.84. The number of hydrogen-bond acceptors (Lipinski definition) is 5. The summed E-state index contributed by atoms with van der Waals surface area (Å²) in [6, 6.07) is 22.1. The topological polar surface area (TPSA) is 42.8 Å². The number of fused-ring (bicyclic) bond motifs is 1. The lowest BCUT2D eigenvalue weighted by molar-refractivity contribution is 0.261. The average Bonchev–Trinajstić information content (AvgIpc) is 3.18. The highest BCUT2D eigenvalue weighted by molar-refractivity contribution is 6.30. The Morgan fingerprint density at radius 1 is 0.800 bits per heavy atom. The molecule has 0 amide bonds. The van der Waals surface area contributed by atoms with Crippen molar-refractivity contribution in [2.45, 2.75) is 13.1 Å². The van der Waals surface area contributed by atoms with Gasteiger partial charge >= 0.3 is 0 Å². The highest BCUT2D eigenvalue weighted by atomic mass is 35.5. The molecule has 0 fully saturated rings. The lowest BCUT2D eigenvalue weighted by Gasteiger charge is -2.16. The maximum Gasteiger partial charge on any atom is 0.142 e. The Balaban J connectivity index is 1.50. The fraction of sp³-hybridized carbons (Fsp3) is 0.321. The largest absolute Gasteiger partial charge is 0.493 e. The molecule has 4 rings (SSSR count). The van der Waals surface area contributed by atoms with Crippen molar-refractivity contribution in [3.8, 4) is 22.9 Å². The number of benzene rings is 3. The molecule has 0 atom stereocenters. The summed E-state index contributed by atoms with van der Waals surface area (Å²) in [5, 5.41) is 0.749. The third kappa shape index (κ3) is 6.75. The van der Waals surface area contributed by atoms with Crippen molar-refractivity contribution in [3.05, 3.63) is 77.3 Å². The van der Waals surface area contributed by atoms with Crippen molar-refractivity contribution in [1.82, 2.24) is 19.4 Å². The average molecular weight is 493 g/mol. The quantitative estimate of drug-likeness (QED) is 0.279. The second-order valence-electron chi connectivity index (χ2n) is 9.14. The zero-order valence-corrected chi connectivity index (χ0v) is 21.6. The minimum atomic E-state index is 0.608. The number of likely N-dealkylation sites (N-methyl/N-ethyl adjacent to an activating group) is 1. The fourth-order valence-corrected chi connectivity index (χ4v) is 3.95. The van der Waals surface area contributed by atoms with Gasteiger partial charge in [0, 0.05) is 29.6 Å². The predicted molar refractivity (Wildman–Crippen MR) is 144 cm³/mol. The van der Waals surface area contributed by atoms with E-state index in [4.69, 9.17) is 26.1 Å². The number of halogens is 1. The van der Waals surface area contributed by atoms with Crippen LogP contribution in [0.4, 0.5) is 0 Å². The maximum atomic E-state index is 5.97. The Labute approximate surface area is 212 Å². The summed E-state index contributed by atoms with van der Waals surface area (Å²) in [5.74, 6) is 2.62. The first kappa shape index (κ1) is 25.0. The van der Waals surface area contributed by atoms with E-state index in [0.29, 0.717) is 19.9 Å². The van der Waals surface area contributed by atoms with Crippen molar-refractivity contribution >= 4 is 22.6 Å². The smallest absolute Gasteiger partial charge is 0.142 e. The van der Waals surface area contributed by atoms with E-state index in [1.54, 1.807) is 0 Å². The van der Waals surface area contributed by atoms with Crippen molar-refractivity contribution < 1.29 is 9.47 Å². The van der Waals surface area contributed by atoms with Crippen LogP contribution in [0.15, 0.2) is 66.7 Å². The van der Waals surface area contributed by atoms with Crippen LogP contribution in [0.2, 0.25) is 5.02 Å². The van der Waals surface area contributed by atoms with Crippen LogP contribution in [-0.4, -0.2) is 67.3 Å². The van der Waals surface area contributed by atoms with Gasteiger partial charge in [0.2, 0.25) is 0 Å². The van der Waals surface area contributed by atoms with Gasteiger partial charge in [-0.05, 0) is 82.3 Å². The molecule has 0 saturated heterocycles. The monoisotopic (exact) mass is 492 g/mol. The molecular formula is C28H33ClN4O2. The van der Waals surface area contributed by atoms with Gasteiger partial charge in [-0.2, -0.15) is 0 Å². The molecule has 0 aliphatic rings. The molecule has 0 spiro atoms. The van der Waals surface area contributed by atoms with Gasteiger partial charge in [-0.25, -0.2) is 4.98 Å². The molecule has 1 aromatic heterocycles. The molecule has 0 aliphatic carbocycles. The lowest BCUT2D eigenvalue weighted by Crippen LogP contribution is -2.19. The van der Waals surface area contributed by atoms with Gasteiger partial charge in [0.25, 0.3) is 0 Å². The number of rotatable bonds is 11. The number of ether oxygens (including phenoxy) is 2. The first-order valence-corrected chi connectivity index (χ1v) is 12.2. The molecule has 0 radical (unpaired) electrons. The van der Waals surface area contributed by atoms with Crippen LogP contribution < -0.4 is 9.47 Å². The van der Waals surface area contributed by atoms with Crippen molar-refractivity contribution in [3.63, 3.8) is 0 Å². The molecule has 184 valence electrons. The van der Waals surface area contributed by atoms with Crippen molar-refractivity contribution in [1.29, 1.82) is 0 Å². The van der Waals surface area contributed by atoms with E-state index in [-0.39, 0.29) is 0 Å². The Morgan fingerprint density at radius 3 is 2.17 bits per heavy atom. The van der Waals surface area contributed by atoms with Crippen LogP contribution in [-0.2, 0) is 13.1 Å². The van der Waals surface area contributed by atoms with Gasteiger partial charge in [0.15, 0.2) is 0 Å². The van der Waals surface area contributed by atoms with E-state index >= 15 is 0 Å². The Hall–Kier alpha value is -3.06. The zero-order chi connectivity index (χ0) is 24.8. The fourth-order valence-electron chi connectivity index (χ4n) is 3.82. The first-order chi connectivity index (χ1) is 16.9. The van der Waals surface area contributed by atoms with E-state index in [1.807, 2.05) is 62.6 Å². The van der Waals surface area contributed by atoms with Crippen LogP contribution in [0.5, 0.6) is 11.5 Å². The lowest BCUT2D eigenvalue weighted by atomic mass is 10.2. The van der Waals surface area contributed by atoms with Crippen molar-refractivity contribution in [2.75, 3.05) is 47.9 Å². The highest BCUT2D eigenvalue weighted by Gasteiger charge is 2.14. The van der Waals surface area contributed by atoms with E-state index in [2.05, 4.69) is 46.7 Å². The molecule has 0 unspecified atom stereocenters. The minimum absolute atomic E-state index is 0.608. The molecule has 4 aromatic rings. The number of nitrogens with zero attached hydrogens (tertiary/aromatic N) is 4. The van der Waals surface area contributed by atoms with Crippen LogP contribution >= 0.6 is 11.6 Å². The van der Waals surface area contributed by atoms with Crippen molar-refractivity contribution in [2.24, 2.45) is 0 Å². The van der Waals surface area contributed by atoms with Crippen LogP contribution in [0.1, 0.15) is 5.56 Å².